The van der Waals surface area contributed by atoms with Gasteiger partial charge in [-0.15, -0.1) is 0 Å². The first-order chi connectivity index (χ1) is 15.8. The summed E-state index contributed by atoms with van der Waals surface area (Å²) < 4.78 is 11.0. The Morgan fingerprint density at radius 3 is 2.42 bits per heavy atom. The van der Waals surface area contributed by atoms with E-state index in [1.807, 2.05) is 29.2 Å². The van der Waals surface area contributed by atoms with E-state index in [0.29, 0.717) is 43.1 Å². The van der Waals surface area contributed by atoms with Crippen molar-refractivity contribution in [3.8, 4) is 11.5 Å². The number of aliphatic hydroxyl groups is 3. The first kappa shape index (κ1) is 24.1. The summed E-state index contributed by atoms with van der Waals surface area (Å²) in [6, 6.07) is 14.9. The van der Waals surface area contributed by atoms with Crippen molar-refractivity contribution in [1.82, 2.24) is 4.90 Å². The quantitative estimate of drug-likeness (QED) is 0.566. The first-order valence-corrected chi connectivity index (χ1v) is 11.8. The van der Waals surface area contributed by atoms with Gasteiger partial charge in [0.25, 0.3) is 0 Å². The van der Waals surface area contributed by atoms with Gasteiger partial charge in [0.15, 0.2) is 0 Å². The Balaban J connectivity index is 1.32. The molecule has 0 radical (unpaired) electrons. The molecule has 0 unspecified atom stereocenters. The lowest BCUT2D eigenvalue weighted by Crippen LogP contribution is -2.62. The van der Waals surface area contributed by atoms with Gasteiger partial charge in [-0.1, -0.05) is 17.7 Å². The van der Waals surface area contributed by atoms with E-state index in [1.54, 1.807) is 31.4 Å². The van der Waals surface area contributed by atoms with Gasteiger partial charge in [0, 0.05) is 43.4 Å². The van der Waals surface area contributed by atoms with Gasteiger partial charge in [-0.05, 0) is 61.7 Å². The first-order valence-electron chi connectivity index (χ1n) is 11.4. The topological polar surface area (TPSA) is 85.6 Å². The number of benzene rings is 2. The van der Waals surface area contributed by atoms with Gasteiger partial charge in [0.2, 0.25) is 0 Å². The lowest BCUT2D eigenvalue weighted by molar-refractivity contribution is -0.149. The van der Waals surface area contributed by atoms with Crippen molar-refractivity contribution < 1.29 is 24.8 Å². The number of piperidine rings is 2. The molecule has 2 aliphatic heterocycles. The number of aliphatic hydroxyl groups excluding tert-OH is 1. The van der Waals surface area contributed by atoms with Gasteiger partial charge in [0.1, 0.15) is 23.7 Å². The number of anilines is 1. The number of rotatable bonds is 7. The van der Waals surface area contributed by atoms with Gasteiger partial charge < -0.3 is 29.7 Å². The molecular weight excluding hydrogens is 444 g/mol. The smallest absolute Gasteiger partial charge is 0.137 e. The second kappa shape index (κ2) is 10.1. The van der Waals surface area contributed by atoms with E-state index in [4.69, 9.17) is 21.1 Å². The summed E-state index contributed by atoms with van der Waals surface area (Å²) in [6.45, 7) is 2.76. The molecule has 7 nitrogen and oxygen atoms in total. The third-order valence-electron chi connectivity index (χ3n) is 6.77. The predicted molar refractivity (Wildman–Crippen MR) is 128 cm³/mol. The number of hydrogen-bond acceptors (Lipinski definition) is 7. The average Bonchev–Trinajstić information content (AvgIpc) is 2.81. The van der Waals surface area contributed by atoms with E-state index in [9.17, 15) is 15.3 Å². The minimum absolute atomic E-state index is 0.0469. The predicted octanol–water partition coefficient (Wildman–Crippen LogP) is 2.56. The number of hydrogen-bond donors (Lipinski definition) is 3. The highest BCUT2D eigenvalue weighted by Crippen LogP contribution is 2.31. The largest absolute Gasteiger partial charge is 0.497 e. The number of halogens is 1. The molecule has 0 aliphatic carbocycles. The van der Waals surface area contributed by atoms with Crippen molar-refractivity contribution in [1.29, 1.82) is 0 Å². The number of ether oxygens (including phenoxy) is 2. The Kier molecular flexibility index (Phi) is 7.36. The van der Waals surface area contributed by atoms with Crippen LogP contribution in [0.25, 0.3) is 0 Å². The van der Waals surface area contributed by atoms with Crippen molar-refractivity contribution in [2.45, 2.75) is 36.6 Å². The van der Waals surface area contributed by atoms with E-state index in [-0.39, 0.29) is 13.2 Å². The molecule has 2 atom stereocenters. The number of β-amino-alcohol motifs (C(OH)–C–C–N with tert-alkyl or cyclic N) is 2. The van der Waals surface area contributed by atoms with Crippen LogP contribution in [0.4, 0.5) is 5.69 Å². The lowest BCUT2D eigenvalue weighted by Gasteiger charge is -2.46. The van der Waals surface area contributed by atoms with Crippen LogP contribution in [0.1, 0.15) is 19.3 Å². The minimum atomic E-state index is -1.42. The molecule has 2 fully saturated rings. The summed E-state index contributed by atoms with van der Waals surface area (Å²) in [5.41, 5.74) is -1.13. The fraction of sp³-hybridized carbons (Fsp3) is 0.520. The van der Waals surface area contributed by atoms with Crippen LogP contribution in [-0.2, 0) is 0 Å². The van der Waals surface area contributed by atoms with Gasteiger partial charge in [-0.3, -0.25) is 4.90 Å². The van der Waals surface area contributed by atoms with E-state index in [2.05, 4.69) is 4.90 Å². The van der Waals surface area contributed by atoms with Crippen LogP contribution in [0.5, 0.6) is 11.5 Å². The Morgan fingerprint density at radius 2 is 1.76 bits per heavy atom. The molecule has 2 heterocycles. The van der Waals surface area contributed by atoms with Gasteiger partial charge in [0.05, 0.1) is 18.8 Å². The Bertz CT molecular complexity index is 919. The average molecular weight is 477 g/mol. The normalized spacial score (nSPS) is 25.6. The van der Waals surface area contributed by atoms with Crippen molar-refractivity contribution in [2.24, 2.45) is 0 Å². The van der Waals surface area contributed by atoms with E-state index in [1.165, 1.54) is 0 Å². The summed E-state index contributed by atoms with van der Waals surface area (Å²) in [5, 5.41) is 33.4. The molecule has 180 valence electrons. The van der Waals surface area contributed by atoms with Crippen LogP contribution >= 0.6 is 11.6 Å². The molecule has 2 aromatic carbocycles. The third-order valence-corrected chi connectivity index (χ3v) is 7.01. The number of likely N-dealkylation sites (tertiary alicyclic amines) is 1. The van der Waals surface area contributed by atoms with Crippen LogP contribution in [0.3, 0.4) is 0 Å². The lowest BCUT2D eigenvalue weighted by atomic mass is 9.86. The molecule has 0 spiro atoms. The Morgan fingerprint density at radius 1 is 1.03 bits per heavy atom. The van der Waals surface area contributed by atoms with Crippen LogP contribution < -0.4 is 14.4 Å². The third kappa shape index (κ3) is 5.91. The summed E-state index contributed by atoms with van der Waals surface area (Å²) in [5.74, 6) is 1.37. The maximum Gasteiger partial charge on any atom is 0.137 e. The molecule has 33 heavy (non-hydrogen) atoms. The van der Waals surface area contributed by atoms with Crippen LogP contribution in [0.2, 0.25) is 5.02 Å². The van der Waals surface area contributed by atoms with Crippen LogP contribution in [0, 0.1) is 0 Å². The van der Waals surface area contributed by atoms with Crippen molar-refractivity contribution >= 4 is 17.3 Å². The highest BCUT2D eigenvalue weighted by atomic mass is 35.5. The van der Waals surface area contributed by atoms with Crippen molar-refractivity contribution in [3.63, 3.8) is 0 Å². The van der Waals surface area contributed by atoms with Gasteiger partial charge >= 0.3 is 0 Å². The fourth-order valence-electron chi connectivity index (χ4n) is 4.74. The zero-order valence-corrected chi connectivity index (χ0v) is 19.7. The summed E-state index contributed by atoms with van der Waals surface area (Å²) in [4.78, 5) is 4.31. The molecule has 3 N–H and O–H groups in total. The Hall–Kier alpha value is -2.03. The number of nitrogens with zero attached hydrogens (tertiary/aromatic N) is 2. The van der Waals surface area contributed by atoms with Crippen LogP contribution in [-0.4, -0.2) is 84.0 Å². The molecule has 2 aliphatic rings. The molecule has 0 aromatic heterocycles. The molecule has 2 saturated heterocycles. The molecule has 8 heteroatoms. The van der Waals surface area contributed by atoms with Crippen LogP contribution in [0.15, 0.2) is 48.5 Å². The zero-order chi connectivity index (χ0) is 23.5. The molecule has 0 saturated carbocycles. The highest BCUT2D eigenvalue weighted by Gasteiger charge is 2.44. The number of methoxy groups -OCH3 is 1. The molecule has 4 rings (SSSR count). The highest BCUT2D eigenvalue weighted by molar-refractivity contribution is 6.30. The monoisotopic (exact) mass is 476 g/mol. The minimum Gasteiger partial charge on any atom is -0.497 e. The van der Waals surface area contributed by atoms with Gasteiger partial charge in [-0.25, -0.2) is 0 Å². The van der Waals surface area contributed by atoms with Gasteiger partial charge in [-0.2, -0.15) is 0 Å². The maximum absolute atomic E-state index is 11.3. The molecule has 0 amide bonds. The molecular formula is C25H33ClN2O5. The molecule has 2 aromatic rings. The van der Waals surface area contributed by atoms with E-state index in [0.717, 1.165) is 24.5 Å². The SMILES string of the molecule is COc1ccc(N2CCC(O)(CN3CC[C@H](O)[C@@](O)(COc4cccc(Cl)c4)C3)CC2)cc1. The second-order valence-corrected chi connectivity index (χ2v) is 9.71. The fourth-order valence-corrected chi connectivity index (χ4v) is 4.92. The summed E-state index contributed by atoms with van der Waals surface area (Å²) >= 11 is 6.00. The zero-order valence-electron chi connectivity index (χ0n) is 19.0. The van der Waals surface area contributed by atoms with E-state index < -0.39 is 17.3 Å². The standard InChI is InChI=1S/C25H33ClN2O5/c1-32-21-7-5-20(6-8-21)28-13-10-24(30,11-14-28)16-27-12-9-23(29)25(31,17-27)18-33-22-4-2-3-19(26)15-22/h2-8,15,23,29-31H,9-14,16-18H2,1H3/t23-,25-/m0/s1. The summed E-state index contributed by atoms with van der Waals surface area (Å²) in [7, 11) is 1.65. The summed E-state index contributed by atoms with van der Waals surface area (Å²) in [6.07, 6.45) is 0.800. The van der Waals surface area contributed by atoms with Crippen molar-refractivity contribution in [2.75, 3.05) is 51.3 Å². The van der Waals surface area contributed by atoms with Crippen molar-refractivity contribution in [3.05, 3.63) is 53.6 Å². The molecule has 0 bridgehead atoms. The van der Waals surface area contributed by atoms with E-state index >= 15 is 0 Å². The second-order valence-electron chi connectivity index (χ2n) is 9.27. The Labute approximate surface area is 200 Å². The maximum atomic E-state index is 11.3.